The Kier molecular flexibility index (Phi) is 6.26. The normalized spacial score (nSPS) is 10.0. The van der Waals surface area contributed by atoms with Crippen LogP contribution < -0.4 is 44.7 Å². The van der Waals surface area contributed by atoms with Crippen molar-refractivity contribution in [3.05, 3.63) is 29.5 Å². The molecule has 0 atom stereocenters. The van der Waals surface area contributed by atoms with Gasteiger partial charge in [-0.2, -0.15) is 0 Å². The van der Waals surface area contributed by atoms with Crippen LogP contribution >= 0.6 is 0 Å². The minimum Gasteiger partial charge on any atom is -0.543 e. The van der Waals surface area contributed by atoms with Crippen molar-refractivity contribution in [2.24, 2.45) is 0 Å². The summed E-state index contributed by atoms with van der Waals surface area (Å²) >= 11 is 0. The van der Waals surface area contributed by atoms with E-state index in [-0.39, 0.29) is 41.2 Å². The van der Waals surface area contributed by atoms with Crippen molar-refractivity contribution in [3.63, 3.8) is 0 Å². The topological polar surface area (TPSA) is 94.2 Å². The quantitative estimate of drug-likeness (QED) is 0.584. The average molecular weight is 298 g/mol. The number of carboxylic acids is 1. The molecule has 0 aliphatic heterocycles. The van der Waals surface area contributed by atoms with Gasteiger partial charge in [-0.1, -0.05) is 0 Å². The molecule has 0 unspecified atom stereocenters. The molecule has 0 saturated carbocycles. The third kappa shape index (κ3) is 4.00. The number of hydrogen-bond acceptors (Lipinski definition) is 4. The molecule has 2 rings (SSSR count). The Morgan fingerprint density at radius 2 is 2.10 bits per heavy atom. The van der Waals surface area contributed by atoms with Gasteiger partial charge in [0.25, 0.3) is 0 Å². The van der Waals surface area contributed by atoms with Gasteiger partial charge in [-0.15, -0.1) is 0 Å². The van der Waals surface area contributed by atoms with Crippen LogP contribution in [0, 0.1) is 0 Å². The number of methoxy groups -OCH3 is 1. The maximum Gasteiger partial charge on any atom is 1.00 e. The number of fused-ring (bicyclic) bond motifs is 1. The number of hydrogen-bond donors (Lipinski definition) is 2. The summed E-state index contributed by atoms with van der Waals surface area (Å²) in [6.07, 6.45) is 0.399. The zero-order chi connectivity index (χ0) is 14.7. The van der Waals surface area contributed by atoms with Crippen LogP contribution in [-0.2, 0) is 11.2 Å². The second-order valence-corrected chi connectivity index (χ2v) is 4.41. The summed E-state index contributed by atoms with van der Waals surface area (Å²) in [5.41, 5.74) is 1.34. The van der Waals surface area contributed by atoms with Gasteiger partial charge in [-0.05, 0) is 30.2 Å². The molecule has 0 fully saturated rings. The van der Waals surface area contributed by atoms with E-state index in [1.165, 1.54) is 6.92 Å². The summed E-state index contributed by atoms with van der Waals surface area (Å²) in [7, 11) is 1.55. The second-order valence-electron chi connectivity index (χ2n) is 4.41. The first-order valence-electron chi connectivity index (χ1n) is 6.17. The molecule has 0 aliphatic rings. The van der Waals surface area contributed by atoms with Crippen molar-refractivity contribution < 1.29 is 49.0 Å². The van der Waals surface area contributed by atoms with Gasteiger partial charge in [0.15, 0.2) is 0 Å². The number of H-pyrrole nitrogens is 1. The van der Waals surface area contributed by atoms with Gasteiger partial charge in [0, 0.05) is 24.4 Å². The summed E-state index contributed by atoms with van der Waals surface area (Å²) in [4.78, 5) is 24.9. The Labute approximate surface area is 144 Å². The van der Waals surface area contributed by atoms with Crippen molar-refractivity contribution >= 4 is 22.8 Å². The van der Waals surface area contributed by atoms with E-state index >= 15 is 0 Å². The fraction of sp³-hybridized carbons (Fsp3) is 0.286. The molecule has 2 N–H and O–H groups in total. The molecule has 1 heterocycles. The van der Waals surface area contributed by atoms with Gasteiger partial charge in [-0.3, -0.25) is 4.79 Å². The number of rotatable bonds is 5. The number of amides is 1. The van der Waals surface area contributed by atoms with E-state index < -0.39 is 5.97 Å². The number of carboxylic acid groups (broad SMARTS) is 1. The minimum atomic E-state index is -1.27. The van der Waals surface area contributed by atoms with Crippen LogP contribution in [-0.4, -0.2) is 30.5 Å². The number of carbonyl (C=O) groups excluding carboxylic acids is 2. The maximum atomic E-state index is 11.2. The third-order valence-corrected chi connectivity index (χ3v) is 3.07. The molecule has 0 saturated heterocycles. The number of carbonyl (C=O) groups is 2. The van der Waals surface area contributed by atoms with E-state index in [9.17, 15) is 14.7 Å². The molecule has 2 aromatic rings. The van der Waals surface area contributed by atoms with Gasteiger partial charge in [0.1, 0.15) is 5.75 Å². The Morgan fingerprint density at radius 3 is 2.67 bits per heavy atom. The van der Waals surface area contributed by atoms with Crippen LogP contribution in [0.25, 0.3) is 10.9 Å². The van der Waals surface area contributed by atoms with Crippen LogP contribution in [0.15, 0.2) is 18.2 Å². The van der Waals surface area contributed by atoms with Crippen molar-refractivity contribution in [1.29, 1.82) is 0 Å². The number of aromatic nitrogens is 1. The Morgan fingerprint density at radius 1 is 1.38 bits per heavy atom. The van der Waals surface area contributed by atoms with Crippen molar-refractivity contribution in [2.45, 2.75) is 13.3 Å². The molecule has 6 nitrogen and oxygen atoms in total. The fourth-order valence-electron chi connectivity index (χ4n) is 2.15. The van der Waals surface area contributed by atoms with E-state index in [2.05, 4.69) is 10.3 Å². The van der Waals surface area contributed by atoms with E-state index in [0.717, 1.165) is 5.39 Å². The molecule has 1 aromatic carbocycles. The first-order chi connectivity index (χ1) is 9.52. The van der Waals surface area contributed by atoms with Gasteiger partial charge in [-0.25, -0.2) is 0 Å². The Balaban J connectivity index is 0.00000220. The van der Waals surface area contributed by atoms with E-state index in [0.29, 0.717) is 29.8 Å². The molecular weight excluding hydrogens is 283 g/mol. The van der Waals surface area contributed by atoms with Crippen molar-refractivity contribution in [3.8, 4) is 5.75 Å². The number of ether oxygens (including phenoxy) is 1. The van der Waals surface area contributed by atoms with E-state index in [4.69, 9.17) is 4.74 Å². The Bertz CT molecular complexity index is 666. The van der Waals surface area contributed by atoms with E-state index in [1.54, 1.807) is 25.3 Å². The zero-order valence-corrected chi connectivity index (χ0v) is 14.3. The molecule has 0 spiro atoms. The summed E-state index contributed by atoms with van der Waals surface area (Å²) in [5.74, 6) is -0.780. The van der Waals surface area contributed by atoms with Crippen LogP contribution in [0.5, 0.6) is 5.75 Å². The smallest absolute Gasteiger partial charge is 0.543 e. The molecule has 106 valence electrons. The maximum absolute atomic E-state index is 11.2. The third-order valence-electron chi connectivity index (χ3n) is 3.07. The fourth-order valence-corrected chi connectivity index (χ4v) is 2.15. The predicted molar refractivity (Wildman–Crippen MR) is 71.6 cm³/mol. The van der Waals surface area contributed by atoms with Crippen LogP contribution in [0.4, 0.5) is 0 Å². The van der Waals surface area contributed by atoms with Crippen LogP contribution in [0.2, 0.25) is 0 Å². The molecule has 1 aromatic heterocycles. The monoisotopic (exact) mass is 298 g/mol. The van der Waals surface area contributed by atoms with Gasteiger partial charge >= 0.3 is 29.6 Å². The summed E-state index contributed by atoms with van der Waals surface area (Å²) in [6.45, 7) is 1.78. The molecule has 7 heteroatoms. The molecular formula is C14H15N2NaO4. The summed E-state index contributed by atoms with van der Waals surface area (Å²) in [6, 6.07) is 5.26. The number of aromatic carboxylic acids is 1. The van der Waals surface area contributed by atoms with Crippen molar-refractivity contribution in [1.82, 2.24) is 10.3 Å². The zero-order valence-electron chi connectivity index (χ0n) is 12.3. The van der Waals surface area contributed by atoms with E-state index in [1.807, 2.05) is 0 Å². The van der Waals surface area contributed by atoms with Crippen molar-refractivity contribution in [2.75, 3.05) is 13.7 Å². The molecule has 21 heavy (non-hydrogen) atoms. The minimum absolute atomic E-state index is 0. The molecule has 0 bridgehead atoms. The SMILES string of the molecule is COc1ccc2[nH]c(C(=O)[O-])c(CCNC(C)=O)c2c1.[Na+]. The first-order valence-corrected chi connectivity index (χ1v) is 6.17. The average Bonchev–Trinajstić information content (AvgIpc) is 2.76. The van der Waals surface area contributed by atoms with Crippen LogP contribution in [0.1, 0.15) is 23.0 Å². The van der Waals surface area contributed by atoms with Gasteiger partial charge in [0.05, 0.1) is 18.8 Å². The number of aromatic amines is 1. The van der Waals surface area contributed by atoms with Gasteiger partial charge in [0.2, 0.25) is 5.91 Å². The molecule has 0 radical (unpaired) electrons. The molecule has 1 amide bonds. The second kappa shape index (κ2) is 7.49. The number of nitrogens with one attached hydrogen (secondary N) is 2. The Hall–Kier alpha value is -1.50. The summed E-state index contributed by atoms with van der Waals surface area (Å²) in [5, 5.41) is 14.6. The largest absolute Gasteiger partial charge is 1.00 e. The van der Waals surface area contributed by atoms with Gasteiger partial charge < -0.3 is 24.9 Å². The number of benzene rings is 1. The first kappa shape index (κ1) is 17.6. The standard InChI is InChI=1S/C14H16N2O4.Na/c1-8(17)15-6-5-10-11-7-9(20-2)3-4-12(11)16-13(10)14(18)19;/h3-4,7,16H,5-6H2,1-2H3,(H,15,17)(H,18,19);/q;+1/p-1. The predicted octanol–water partition coefficient (Wildman–Crippen LogP) is -2.78. The molecule has 0 aliphatic carbocycles. The van der Waals surface area contributed by atoms with Crippen LogP contribution in [0.3, 0.4) is 0 Å². The summed E-state index contributed by atoms with van der Waals surface area (Å²) < 4.78 is 5.14.